The van der Waals surface area contributed by atoms with Crippen molar-refractivity contribution in [3.63, 3.8) is 0 Å². The smallest absolute Gasteiger partial charge is 0.110 e. The fourth-order valence-electron chi connectivity index (χ4n) is 1.93. The van der Waals surface area contributed by atoms with E-state index in [1.165, 1.54) is 24.4 Å². The lowest BCUT2D eigenvalue weighted by Gasteiger charge is -2.16. The second-order valence-corrected chi connectivity index (χ2v) is 4.68. The van der Waals surface area contributed by atoms with Gasteiger partial charge >= 0.3 is 0 Å². The highest BCUT2D eigenvalue weighted by Gasteiger charge is 2.24. The molecule has 0 saturated carbocycles. The minimum Gasteiger partial charge on any atom is -0.396 e. The van der Waals surface area contributed by atoms with Crippen LogP contribution in [-0.4, -0.2) is 35.2 Å². The van der Waals surface area contributed by atoms with Crippen LogP contribution in [-0.2, 0) is 6.42 Å². The van der Waals surface area contributed by atoms with Crippen molar-refractivity contribution in [1.82, 2.24) is 9.88 Å². The zero-order chi connectivity index (χ0) is 9.97. The van der Waals surface area contributed by atoms with Crippen molar-refractivity contribution in [2.24, 2.45) is 0 Å². The summed E-state index contributed by atoms with van der Waals surface area (Å²) in [7, 11) is 2.16. The number of aliphatic hydroxyl groups is 1. The summed E-state index contributed by atoms with van der Waals surface area (Å²) in [5.74, 6) is 0. The Kier molecular flexibility index (Phi) is 3.15. The largest absolute Gasteiger partial charge is 0.396 e. The lowest BCUT2D eigenvalue weighted by Crippen LogP contribution is -2.17. The van der Waals surface area contributed by atoms with Crippen molar-refractivity contribution in [2.75, 3.05) is 20.2 Å². The molecular weight excluding hydrogens is 196 g/mol. The fraction of sp³-hybridized carbons (Fsp3) is 0.700. The first-order valence-electron chi connectivity index (χ1n) is 5.06. The maximum Gasteiger partial charge on any atom is 0.110 e. The standard InChI is InChI=1S/C10H16N2OS/c1-12-5-2-3-9(12)10-11-8(4-6-13)7-14-10/h7,9,13H,2-6H2,1H3. The molecule has 3 nitrogen and oxygen atoms in total. The number of thiazole rings is 1. The Morgan fingerprint density at radius 1 is 1.71 bits per heavy atom. The molecule has 1 aromatic heterocycles. The predicted octanol–water partition coefficient (Wildman–Crippen LogP) is 1.44. The van der Waals surface area contributed by atoms with Crippen molar-refractivity contribution in [3.8, 4) is 0 Å². The fourth-order valence-corrected chi connectivity index (χ4v) is 2.98. The molecule has 1 aromatic rings. The minimum atomic E-state index is 0.198. The van der Waals surface area contributed by atoms with Crippen LogP contribution in [0.2, 0.25) is 0 Å². The molecule has 0 spiro atoms. The Labute approximate surface area is 88.4 Å². The van der Waals surface area contributed by atoms with Crippen molar-refractivity contribution in [3.05, 3.63) is 16.1 Å². The van der Waals surface area contributed by atoms with Crippen LogP contribution >= 0.6 is 11.3 Å². The van der Waals surface area contributed by atoms with E-state index in [1.54, 1.807) is 11.3 Å². The molecule has 1 N–H and O–H groups in total. The van der Waals surface area contributed by atoms with Crippen LogP contribution < -0.4 is 0 Å². The van der Waals surface area contributed by atoms with Gasteiger partial charge in [-0.05, 0) is 26.4 Å². The van der Waals surface area contributed by atoms with E-state index in [4.69, 9.17) is 5.11 Å². The Balaban J connectivity index is 2.08. The maximum absolute atomic E-state index is 8.80. The molecule has 4 heteroatoms. The molecule has 0 aliphatic carbocycles. The zero-order valence-corrected chi connectivity index (χ0v) is 9.26. The van der Waals surface area contributed by atoms with Gasteiger partial charge in [0.25, 0.3) is 0 Å². The van der Waals surface area contributed by atoms with Crippen LogP contribution in [0.4, 0.5) is 0 Å². The number of hydrogen-bond donors (Lipinski definition) is 1. The molecule has 1 saturated heterocycles. The molecule has 1 aliphatic rings. The summed E-state index contributed by atoms with van der Waals surface area (Å²) in [5.41, 5.74) is 1.04. The Morgan fingerprint density at radius 2 is 2.57 bits per heavy atom. The van der Waals surface area contributed by atoms with Gasteiger partial charge in [0, 0.05) is 18.4 Å². The van der Waals surface area contributed by atoms with Crippen LogP contribution in [0.3, 0.4) is 0 Å². The summed E-state index contributed by atoms with van der Waals surface area (Å²) in [5, 5.41) is 12.1. The Morgan fingerprint density at radius 3 is 3.21 bits per heavy atom. The van der Waals surface area contributed by atoms with Crippen molar-refractivity contribution < 1.29 is 5.11 Å². The third kappa shape index (κ3) is 1.97. The van der Waals surface area contributed by atoms with Gasteiger partial charge in [-0.25, -0.2) is 4.98 Å². The molecule has 1 atom stereocenters. The average Bonchev–Trinajstić information content (AvgIpc) is 2.74. The first-order chi connectivity index (χ1) is 6.81. The summed E-state index contributed by atoms with van der Waals surface area (Å²) in [6.07, 6.45) is 3.19. The van der Waals surface area contributed by atoms with Gasteiger partial charge < -0.3 is 5.11 Å². The van der Waals surface area contributed by atoms with Crippen LogP contribution in [0, 0.1) is 0 Å². The SMILES string of the molecule is CN1CCCC1c1nc(CCO)cs1. The molecule has 1 fully saturated rings. The van der Waals surface area contributed by atoms with Gasteiger partial charge in [0.2, 0.25) is 0 Å². The Hall–Kier alpha value is -0.450. The number of hydrogen-bond acceptors (Lipinski definition) is 4. The van der Waals surface area contributed by atoms with Gasteiger partial charge in [0.05, 0.1) is 11.7 Å². The van der Waals surface area contributed by atoms with E-state index < -0.39 is 0 Å². The molecule has 0 bridgehead atoms. The van der Waals surface area contributed by atoms with E-state index in [9.17, 15) is 0 Å². The number of aliphatic hydroxyl groups excluding tert-OH is 1. The minimum absolute atomic E-state index is 0.198. The lowest BCUT2D eigenvalue weighted by atomic mass is 10.2. The van der Waals surface area contributed by atoms with E-state index in [2.05, 4.69) is 22.3 Å². The summed E-state index contributed by atoms with van der Waals surface area (Å²) in [4.78, 5) is 6.91. The Bertz CT molecular complexity index is 300. The van der Waals surface area contributed by atoms with Crippen LogP contribution in [0.25, 0.3) is 0 Å². The molecule has 78 valence electrons. The topological polar surface area (TPSA) is 36.4 Å². The first-order valence-corrected chi connectivity index (χ1v) is 5.94. The van der Waals surface area contributed by atoms with E-state index in [-0.39, 0.29) is 6.61 Å². The van der Waals surface area contributed by atoms with E-state index in [0.717, 1.165) is 5.69 Å². The maximum atomic E-state index is 8.80. The number of aromatic nitrogens is 1. The predicted molar refractivity (Wildman–Crippen MR) is 57.5 cm³/mol. The first kappa shape index (κ1) is 10.1. The molecule has 1 unspecified atom stereocenters. The van der Waals surface area contributed by atoms with Gasteiger partial charge in [-0.3, -0.25) is 4.90 Å². The lowest BCUT2D eigenvalue weighted by molar-refractivity contribution is 0.297. The van der Waals surface area contributed by atoms with Crippen molar-refractivity contribution in [2.45, 2.75) is 25.3 Å². The summed E-state index contributed by atoms with van der Waals surface area (Å²) < 4.78 is 0. The average molecular weight is 212 g/mol. The van der Waals surface area contributed by atoms with E-state index >= 15 is 0 Å². The van der Waals surface area contributed by atoms with Gasteiger partial charge in [-0.2, -0.15) is 0 Å². The normalized spacial score (nSPS) is 23.1. The van der Waals surface area contributed by atoms with Crippen LogP contribution in [0.15, 0.2) is 5.38 Å². The molecule has 0 aromatic carbocycles. The number of nitrogens with zero attached hydrogens (tertiary/aromatic N) is 2. The van der Waals surface area contributed by atoms with Crippen LogP contribution in [0.1, 0.15) is 29.6 Å². The third-order valence-electron chi connectivity index (χ3n) is 2.74. The number of likely N-dealkylation sites (tertiary alicyclic amines) is 1. The quantitative estimate of drug-likeness (QED) is 0.823. The van der Waals surface area contributed by atoms with Gasteiger partial charge in [0.15, 0.2) is 0 Å². The van der Waals surface area contributed by atoms with Gasteiger partial charge in [-0.15, -0.1) is 11.3 Å². The van der Waals surface area contributed by atoms with Gasteiger partial charge in [-0.1, -0.05) is 0 Å². The molecule has 2 rings (SSSR count). The number of rotatable bonds is 3. The summed E-state index contributed by atoms with van der Waals surface area (Å²) in [6.45, 7) is 1.38. The highest BCUT2D eigenvalue weighted by Crippen LogP contribution is 2.32. The molecular formula is C10H16N2OS. The van der Waals surface area contributed by atoms with Crippen molar-refractivity contribution in [1.29, 1.82) is 0 Å². The molecule has 0 radical (unpaired) electrons. The molecule has 14 heavy (non-hydrogen) atoms. The highest BCUT2D eigenvalue weighted by atomic mass is 32.1. The van der Waals surface area contributed by atoms with Crippen LogP contribution in [0.5, 0.6) is 0 Å². The second kappa shape index (κ2) is 4.38. The van der Waals surface area contributed by atoms with Gasteiger partial charge in [0.1, 0.15) is 5.01 Å². The summed E-state index contributed by atoms with van der Waals surface area (Å²) in [6, 6.07) is 0.521. The van der Waals surface area contributed by atoms with E-state index in [0.29, 0.717) is 12.5 Å². The molecule has 0 amide bonds. The highest BCUT2D eigenvalue weighted by molar-refractivity contribution is 7.09. The third-order valence-corrected chi connectivity index (χ3v) is 3.74. The van der Waals surface area contributed by atoms with E-state index in [1.807, 2.05) is 0 Å². The van der Waals surface area contributed by atoms with Crippen molar-refractivity contribution >= 4 is 11.3 Å². The second-order valence-electron chi connectivity index (χ2n) is 3.79. The molecule has 1 aliphatic heterocycles. The zero-order valence-electron chi connectivity index (χ0n) is 8.44. The monoisotopic (exact) mass is 212 g/mol. The summed E-state index contributed by atoms with van der Waals surface area (Å²) >= 11 is 1.73. The molecule has 2 heterocycles.